The lowest BCUT2D eigenvalue weighted by Gasteiger charge is -2.18. The average Bonchev–Trinajstić information content (AvgIpc) is 3.09. The number of allylic oxidation sites excluding steroid dienone is 8. The van der Waals surface area contributed by atoms with Crippen LogP contribution in [0.2, 0.25) is 0 Å². The quantitative estimate of drug-likeness (QED) is 0.142. The number of methoxy groups -OCH3 is 1. The third kappa shape index (κ3) is 8.97. The Morgan fingerprint density at radius 1 is 1.08 bits per heavy atom. The highest BCUT2D eigenvalue weighted by Gasteiger charge is 2.22. The standard InChI is InChI=1S/C39H43FN6O3/c1-26-12-9-17-31(40)35(26)38(47)43-29-16-10-15-28(24-29)37(41-2)36(27-13-7-6-8-14-27)32-20-21-42-39(45-32)44-30-18-19-33(48-5)34(25-30)49-23-11-22-46(3)4/h6-8,10,12-13,15-16,18-21,24-25H,9,11,14,17,22-23H2,1-5H3,(H,43,47)(H,42,44,45)/b36-27-,41-37?. The molecule has 0 saturated carbocycles. The lowest BCUT2D eigenvalue weighted by molar-refractivity contribution is -0.112. The summed E-state index contributed by atoms with van der Waals surface area (Å²) in [6.45, 7) is 3.23. The monoisotopic (exact) mass is 662 g/mol. The van der Waals surface area contributed by atoms with Crippen molar-refractivity contribution in [2.45, 2.75) is 32.6 Å². The van der Waals surface area contributed by atoms with Crippen LogP contribution in [0, 0.1) is 0 Å². The number of hydrogen-bond donors (Lipinski definition) is 2. The van der Waals surface area contributed by atoms with Crippen molar-refractivity contribution >= 4 is 34.5 Å². The van der Waals surface area contributed by atoms with Gasteiger partial charge < -0.3 is 25.0 Å². The second-order valence-corrected chi connectivity index (χ2v) is 12.0. The number of nitrogens with one attached hydrogen (secondary N) is 2. The zero-order chi connectivity index (χ0) is 34.8. The van der Waals surface area contributed by atoms with Crippen LogP contribution in [-0.2, 0) is 4.79 Å². The fourth-order valence-corrected chi connectivity index (χ4v) is 5.74. The second kappa shape index (κ2) is 16.7. The Balaban J connectivity index is 1.44. The van der Waals surface area contributed by atoms with E-state index in [0.717, 1.165) is 35.4 Å². The molecule has 49 heavy (non-hydrogen) atoms. The first-order valence-corrected chi connectivity index (χ1v) is 16.3. The minimum Gasteiger partial charge on any atom is -0.493 e. The van der Waals surface area contributed by atoms with Crippen LogP contribution in [0.1, 0.15) is 43.9 Å². The molecule has 2 aliphatic carbocycles. The number of aliphatic imine (C=N–C) groups is 1. The van der Waals surface area contributed by atoms with E-state index >= 15 is 0 Å². The van der Waals surface area contributed by atoms with Gasteiger partial charge in [0.25, 0.3) is 5.91 Å². The zero-order valence-corrected chi connectivity index (χ0v) is 28.7. The van der Waals surface area contributed by atoms with Crippen LogP contribution in [0.4, 0.5) is 21.7 Å². The van der Waals surface area contributed by atoms with Crippen LogP contribution in [0.25, 0.3) is 5.57 Å². The van der Waals surface area contributed by atoms with Crippen LogP contribution in [-0.4, -0.2) is 67.9 Å². The molecule has 9 nitrogen and oxygen atoms in total. The molecule has 1 amide bonds. The molecule has 5 rings (SSSR count). The van der Waals surface area contributed by atoms with Crippen LogP contribution >= 0.6 is 0 Å². The number of anilines is 3. The number of rotatable bonds is 13. The maximum Gasteiger partial charge on any atom is 0.258 e. The van der Waals surface area contributed by atoms with Crippen molar-refractivity contribution in [2.75, 3.05) is 52.0 Å². The fraction of sp³-hybridized carbons (Fsp3) is 0.282. The molecule has 3 aromatic rings. The van der Waals surface area contributed by atoms with Gasteiger partial charge in [-0.2, -0.15) is 0 Å². The SMILES string of the molecule is CN=C(/C(=C1/C=CC=CC1)c1ccnc(Nc2ccc(OC)c(OCCCN(C)C)c2)n1)c1cccc(NC(=O)C2=C(F)CCC=C2C)c1. The first-order valence-electron chi connectivity index (χ1n) is 16.3. The van der Waals surface area contributed by atoms with Crippen molar-refractivity contribution in [1.82, 2.24) is 14.9 Å². The molecule has 0 fully saturated rings. The number of carbonyl (C=O) groups excluding carboxylic acids is 1. The molecule has 1 aromatic heterocycles. The first-order chi connectivity index (χ1) is 23.8. The highest BCUT2D eigenvalue weighted by atomic mass is 19.1. The van der Waals surface area contributed by atoms with Gasteiger partial charge in [-0.1, -0.05) is 42.5 Å². The second-order valence-electron chi connectivity index (χ2n) is 12.0. The molecule has 2 N–H and O–H groups in total. The van der Waals surface area contributed by atoms with Crippen molar-refractivity contribution in [2.24, 2.45) is 4.99 Å². The van der Waals surface area contributed by atoms with Gasteiger partial charge in [0, 0.05) is 54.8 Å². The van der Waals surface area contributed by atoms with E-state index in [2.05, 4.69) is 32.7 Å². The van der Waals surface area contributed by atoms with E-state index in [4.69, 9.17) is 19.5 Å². The molecule has 2 aliphatic rings. The third-order valence-corrected chi connectivity index (χ3v) is 8.10. The molecular formula is C39H43FN6O3. The van der Waals surface area contributed by atoms with E-state index in [1.807, 2.05) is 74.8 Å². The van der Waals surface area contributed by atoms with Crippen molar-refractivity contribution in [3.63, 3.8) is 0 Å². The Labute approximate surface area is 287 Å². The number of ether oxygens (including phenoxy) is 2. The average molecular weight is 663 g/mol. The molecular weight excluding hydrogens is 619 g/mol. The van der Waals surface area contributed by atoms with Gasteiger partial charge in [-0.05, 0) is 81.8 Å². The van der Waals surface area contributed by atoms with Crippen LogP contribution in [0.3, 0.4) is 0 Å². The van der Waals surface area contributed by atoms with Crippen molar-refractivity contribution in [3.8, 4) is 11.5 Å². The Morgan fingerprint density at radius 2 is 1.94 bits per heavy atom. The predicted molar refractivity (Wildman–Crippen MR) is 195 cm³/mol. The van der Waals surface area contributed by atoms with E-state index in [1.165, 1.54) is 0 Å². The number of halogens is 1. The van der Waals surface area contributed by atoms with Crippen LogP contribution in [0.15, 0.2) is 113 Å². The van der Waals surface area contributed by atoms with Gasteiger partial charge in [0.2, 0.25) is 5.95 Å². The Bertz CT molecular complexity index is 1870. The summed E-state index contributed by atoms with van der Waals surface area (Å²) in [4.78, 5) is 29.4. The van der Waals surface area contributed by atoms with E-state index in [0.29, 0.717) is 59.6 Å². The number of aromatic nitrogens is 2. The summed E-state index contributed by atoms with van der Waals surface area (Å²) in [6.07, 6.45) is 14.1. The van der Waals surface area contributed by atoms with Crippen LogP contribution < -0.4 is 20.1 Å². The first kappa shape index (κ1) is 35.0. The smallest absolute Gasteiger partial charge is 0.258 e. The number of hydrogen-bond acceptors (Lipinski definition) is 8. The van der Waals surface area contributed by atoms with Crippen molar-refractivity contribution in [1.29, 1.82) is 0 Å². The molecule has 0 spiro atoms. The fourth-order valence-electron chi connectivity index (χ4n) is 5.74. The molecule has 0 aliphatic heterocycles. The van der Waals surface area contributed by atoms with Crippen molar-refractivity contribution < 1.29 is 18.7 Å². The minimum atomic E-state index is -0.468. The number of benzene rings is 2. The normalized spacial score (nSPS) is 15.7. The summed E-state index contributed by atoms with van der Waals surface area (Å²) in [7, 11) is 7.42. The summed E-state index contributed by atoms with van der Waals surface area (Å²) in [5.74, 6) is 0.816. The van der Waals surface area contributed by atoms with Gasteiger partial charge >= 0.3 is 0 Å². The van der Waals surface area contributed by atoms with Gasteiger partial charge in [-0.3, -0.25) is 9.79 Å². The molecule has 0 atom stereocenters. The predicted octanol–water partition coefficient (Wildman–Crippen LogP) is 7.85. The van der Waals surface area contributed by atoms with Gasteiger partial charge in [0.15, 0.2) is 11.5 Å². The van der Waals surface area contributed by atoms with Gasteiger partial charge in [-0.25, -0.2) is 14.4 Å². The lowest BCUT2D eigenvalue weighted by atomic mass is 9.91. The third-order valence-electron chi connectivity index (χ3n) is 8.10. The minimum absolute atomic E-state index is 0.101. The summed E-state index contributed by atoms with van der Waals surface area (Å²) in [5.41, 5.74) is 6.02. The molecule has 2 aromatic carbocycles. The van der Waals surface area contributed by atoms with E-state index in [1.54, 1.807) is 33.3 Å². The molecule has 1 heterocycles. The van der Waals surface area contributed by atoms with Gasteiger partial charge in [-0.15, -0.1) is 0 Å². The summed E-state index contributed by atoms with van der Waals surface area (Å²) in [5, 5.41) is 6.21. The number of nitrogens with zero attached hydrogens (tertiary/aromatic N) is 4. The highest BCUT2D eigenvalue weighted by molar-refractivity contribution is 6.32. The Morgan fingerprint density at radius 3 is 2.67 bits per heavy atom. The number of amides is 1. The molecule has 10 heteroatoms. The molecule has 0 saturated heterocycles. The van der Waals surface area contributed by atoms with Gasteiger partial charge in [0.05, 0.1) is 30.7 Å². The van der Waals surface area contributed by atoms with E-state index in [-0.39, 0.29) is 17.8 Å². The summed E-state index contributed by atoms with van der Waals surface area (Å²) < 4.78 is 26.2. The van der Waals surface area contributed by atoms with Crippen molar-refractivity contribution in [3.05, 3.63) is 119 Å². The maximum atomic E-state index is 14.6. The Kier molecular flexibility index (Phi) is 11.9. The molecule has 0 radical (unpaired) electrons. The Hall–Kier alpha value is -5.35. The lowest BCUT2D eigenvalue weighted by Crippen LogP contribution is -2.18. The van der Waals surface area contributed by atoms with Gasteiger partial charge in [0.1, 0.15) is 5.83 Å². The van der Waals surface area contributed by atoms with E-state index in [9.17, 15) is 9.18 Å². The zero-order valence-electron chi connectivity index (χ0n) is 28.7. The molecule has 0 unspecified atom stereocenters. The largest absolute Gasteiger partial charge is 0.493 e. The number of carbonyl (C=O) groups is 1. The summed E-state index contributed by atoms with van der Waals surface area (Å²) in [6, 6.07) is 14.9. The maximum absolute atomic E-state index is 14.6. The highest BCUT2D eigenvalue weighted by Crippen LogP contribution is 2.33. The van der Waals surface area contributed by atoms with E-state index < -0.39 is 5.91 Å². The van der Waals surface area contributed by atoms with Crippen LogP contribution in [0.5, 0.6) is 11.5 Å². The summed E-state index contributed by atoms with van der Waals surface area (Å²) >= 11 is 0. The molecule has 254 valence electrons. The topological polar surface area (TPSA) is 101 Å². The molecule has 0 bridgehead atoms.